The van der Waals surface area contributed by atoms with Crippen LogP contribution in [0.2, 0.25) is 0 Å². The number of rotatable bonds is 6. The maximum absolute atomic E-state index is 11.0. The molecule has 0 radical (unpaired) electrons. The molecular weight excluding hydrogens is 226 g/mol. The van der Waals surface area contributed by atoms with E-state index in [2.05, 4.69) is 4.90 Å². The molecule has 1 rings (SSSR count). The lowest BCUT2D eigenvalue weighted by molar-refractivity contribution is -0.137. The number of thioether (sulfide) groups is 1. The molecule has 1 unspecified atom stereocenters. The van der Waals surface area contributed by atoms with Crippen LogP contribution in [0, 0.1) is 5.92 Å². The minimum absolute atomic E-state index is 0.187. The van der Waals surface area contributed by atoms with Crippen LogP contribution in [0.25, 0.3) is 0 Å². The Labute approximate surface area is 101 Å². The highest BCUT2D eigenvalue weighted by Gasteiger charge is 2.22. The second kappa shape index (κ2) is 7.14. The molecule has 5 heteroatoms. The van der Waals surface area contributed by atoms with Crippen molar-refractivity contribution in [2.24, 2.45) is 5.92 Å². The Hall–Kier alpha value is -0.260. The molecule has 1 heterocycles. The predicted molar refractivity (Wildman–Crippen MR) is 66.0 cm³/mol. The van der Waals surface area contributed by atoms with Crippen LogP contribution in [0.15, 0.2) is 0 Å². The molecule has 0 aromatic heterocycles. The fourth-order valence-electron chi connectivity index (χ4n) is 1.68. The van der Waals surface area contributed by atoms with Crippen molar-refractivity contribution in [3.8, 4) is 0 Å². The molecule has 0 aliphatic carbocycles. The summed E-state index contributed by atoms with van der Waals surface area (Å²) in [5, 5.41) is 8.75. The SMILES string of the molecule is CC(C)C(SCCN1CCOCC1)C(=O)O. The molecule has 0 aromatic rings. The molecule has 0 bridgehead atoms. The van der Waals surface area contributed by atoms with Crippen molar-refractivity contribution < 1.29 is 14.6 Å². The quantitative estimate of drug-likeness (QED) is 0.763. The van der Waals surface area contributed by atoms with Gasteiger partial charge in [-0.2, -0.15) is 0 Å². The number of hydrogen-bond acceptors (Lipinski definition) is 4. The third-order valence-corrected chi connectivity index (χ3v) is 4.18. The smallest absolute Gasteiger partial charge is 0.316 e. The van der Waals surface area contributed by atoms with Gasteiger partial charge >= 0.3 is 5.97 Å². The van der Waals surface area contributed by atoms with Crippen molar-refractivity contribution in [1.29, 1.82) is 0 Å². The van der Waals surface area contributed by atoms with Gasteiger partial charge in [-0.1, -0.05) is 13.8 Å². The van der Waals surface area contributed by atoms with Gasteiger partial charge in [0.25, 0.3) is 0 Å². The Morgan fingerprint density at radius 2 is 2.06 bits per heavy atom. The summed E-state index contributed by atoms with van der Waals surface area (Å²) in [6.45, 7) is 8.43. The van der Waals surface area contributed by atoms with Gasteiger partial charge in [0.15, 0.2) is 0 Å². The molecular formula is C11H21NO3S. The Kier molecular flexibility index (Phi) is 6.16. The number of ether oxygens (including phenoxy) is 1. The third-order valence-electron chi connectivity index (χ3n) is 2.66. The molecule has 4 nitrogen and oxygen atoms in total. The summed E-state index contributed by atoms with van der Waals surface area (Å²) in [6.07, 6.45) is 0. The first-order chi connectivity index (χ1) is 7.61. The standard InChI is InChI=1S/C11H21NO3S/c1-9(2)10(11(13)14)16-8-5-12-3-6-15-7-4-12/h9-10H,3-8H2,1-2H3,(H,13,14). The van der Waals surface area contributed by atoms with Crippen molar-refractivity contribution in [3.05, 3.63) is 0 Å². The molecule has 1 aliphatic heterocycles. The van der Waals surface area contributed by atoms with Crippen LogP contribution < -0.4 is 0 Å². The van der Waals surface area contributed by atoms with Crippen LogP contribution in [-0.2, 0) is 9.53 Å². The van der Waals surface area contributed by atoms with Crippen LogP contribution in [0.5, 0.6) is 0 Å². The Bertz CT molecular complexity index is 217. The summed E-state index contributed by atoms with van der Waals surface area (Å²) in [6, 6.07) is 0. The largest absolute Gasteiger partial charge is 0.480 e. The topological polar surface area (TPSA) is 49.8 Å². The molecule has 0 aromatic carbocycles. The van der Waals surface area contributed by atoms with E-state index in [4.69, 9.17) is 9.84 Å². The highest BCUT2D eigenvalue weighted by Crippen LogP contribution is 2.19. The van der Waals surface area contributed by atoms with Crippen LogP contribution in [0.3, 0.4) is 0 Å². The Morgan fingerprint density at radius 3 is 2.56 bits per heavy atom. The second-order valence-corrected chi connectivity index (χ2v) is 5.58. The van der Waals surface area contributed by atoms with Crippen LogP contribution in [-0.4, -0.2) is 59.8 Å². The van der Waals surface area contributed by atoms with Gasteiger partial charge in [-0.3, -0.25) is 9.69 Å². The lowest BCUT2D eigenvalue weighted by Crippen LogP contribution is -2.38. The Balaban J connectivity index is 2.19. The number of carboxylic acid groups (broad SMARTS) is 1. The summed E-state index contributed by atoms with van der Waals surface area (Å²) in [5.41, 5.74) is 0. The van der Waals surface area contributed by atoms with Gasteiger partial charge < -0.3 is 9.84 Å². The van der Waals surface area contributed by atoms with Gasteiger partial charge in [0.2, 0.25) is 0 Å². The number of nitrogens with zero attached hydrogens (tertiary/aromatic N) is 1. The minimum atomic E-state index is -0.693. The first-order valence-electron chi connectivity index (χ1n) is 5.75. The van der Waals surface area contributed by atoms with Gasteiger partial charge in [0.05, 0.1) is 13.2 Å². The maximum Gasteiger partial charge on any atom is 0.316 e. The van der Waals surface area contributed by atoms with Crippen molar-refractivity contribution >= 4 is 17.7 Å². The first-order valence-corrected chi connectivity index (χ1v) is 6.80. The van der Waals surface area contributed by atoms with E-state index in [-0.39, 0.29) is 11.2 Å². The summed E-state index contributed by atoms with van der Waals surface area (Å²) in [4.78, 5) is 13.3. The Morgan fingerprint density at radius 1 is 1.44 bits per heavy atom. The third kappa shape index (κ3) is 4.72. The summed E-state index contributed by atoms with van der Waals surface area (Å²) in [7, 11) is 0. The molecule has 1 N–H and O–H groups in total. The zero-order chi connectivity index (χ0) is 12.0. The van der Waals surface area contributed by atoms with E-state index in [0.717, 1.165) is 38.6 Å². The monoisotopic (exact) mass is 247 g/mol. The fourth-order valence-corrected chi connectivity index (χ4v) is 2.83. The molecule has 1 fully saturated rings. The summed E-state index contributed by atoms with van der Waals surface area (Å²) >= 11 is 1.55. The highest BCUT2D eigenvalue weighted by molar-refractivity contribution is 8.00. The van der Waals surface area contributed by atoms with Crippen molar-refractivity contribution in [2.45, 2.75) is 19.1 Å². The van der Waals surface area contributed by atoms with E-state index < -0.39 is 5.97 Å². The lowest BCUT2D eigenvalue weighted by atomic mass is 10.1. The van der Waals surface area contributed by atoms with Crippen molar-refractivity contribution in [2.75, 3.05) is 38.6 Å². The van der Waals surface area contributed by atoms with E-state index in [0.29, 0.717) is 0 Å². The van der Waals surface area contributed by atoms with Crippen LogP contribution in [0.1, 0.15) is 13.8 Å². The van der Waals surface area contributed by atoms with E-state index in [9.17, 15) is 4.79 Å². The minimum Gasteiger partial charge on any atom is -0.480 e. The molecule has 16 heavy (non-hydrogen) atoms. The van der Waals surface area contributed by atoms with Gasteiger partial charge in [0.1, 0.15) is 5.25 Å². The molecule has 1 atom stereocenters. The maximum atomic E-state index is 11.0. The van der Waals surface area contributed by atoms with Gasteiger partial charge in [-0.15, -0.1) is 11.8 Å². The summed E-state index contributed by atoms with van der Waals surface area (Å²) in [5.74, 6) is 0.379. The number of carbonyl (C=O) groups is 1. The van der Waals surface area contributed by atoms with Gasteiger partial charge in [-0.05, 0) is 5.92 Å². The average molecular weight is 247 g/mol. The van der Waals surface area contributed by atoms with E-state index in [1.807, 2.05) is 13.8 Å². The van der Waals surface area contributed by atoms with Crippen LogP contribution in [0.4, 0.5) is 0 Å². The molecule has 94 valence electrons. The fraction of sp³-hybridized carbons (Fsp3) is 0.909. The number of carboxylic acids is 1. The summed E-state index contributed by atoms with van der Waals surface area (Å²) < 4.78 is 5.26. The van der Waals surface area contributed by atoms with Crippen LogP contribution >= 0.6 is 11.8 Å². The molecule has 0 saturated carbocycles. The lowest BCUT2D eigenvalue weighted by Gasteiger charge is -2.27. The number of morpholine rings is 1. The first kappa shape index (κ1) is 13.8. The normalized spacial score (nSPS) is 19.9. The van der Waals surface area contributed by atoms with Crippen molar-refractivity contribution in [3.63, 3.8) is 0 Å². The van der Waals surface area contributed by atoms with E-state index in [1.165, 1.54) is 0 Å². The molecule has 1 aliphatic rings. The number of hydrogen-bond donors (Lipinski definition) is 1. The highest BCUT2D eigenvalue weighted by atomic mass is 32.2. The zero-order valence-electron chi connectivity index (χ0n) is 10.0. The molecule has 1 saturated heterocycles. The second-order valence-electron chi connectivity index (χ2n) is 4.33. The average Bonchev–Trinajstić information content (AvgIpc) is 2.24. The van der Waals surface area contributed by atoms with E-state index >= 15 is 0 Å². The van der Waals surface area contributed by atoms with Crippen molar-refractivity contribution in [1.82, 2.24) is 4.90 Å². The van der Waals surface area contributed by atoms with Gasteiger partial charge in [0, 0.05) is 25.4 Å². The predicted octanol–water partition coefficient (Wildman–Crippen LogP) is 1.16. The molecule has 0 spiro atoms. The number of aliphatic carboxylic acids is 1. The van der Waals surface area contributed by atoms with E-state index in [1.54, 1.807) is 11.8 Å². The zero-order valence-corrected chi connectivity index (χ0v) is 10.8. The van der Waals surface area contributed by atoms with Gasteiger partial charge in [-0.25, -0.2) is 0 Å². The molecule has 0 amide bonds.